The fourth-order valence-electron chi connectivity index (χ4n) is 2.34. The first kappa shape index (κ1) is 20.5. The Bertz CT molecular complexity index is 1100. The number of amides is 1. The number of carbonyl (C=O) groups excluding carboxylic acids is 2. The Balaban J connectivity index is 1.65. The van der Waals surface area contributed by atoms with E-state index in [0.29, 0.717) is 10.6 Å². The molecule has 0 aromatic heterocycles. The fraction of sp³-hybridized carbons (Fsp3) is 0. The van der Waals surface area contributed by atoms with E-state index in [9.17, 15) is 14.0 Å². The molecule has 29 heavy (non-hydrogen) atoms. The monoisotopic (exact) mass is 430 g/mol. The van der Waals surface area contributed by atoms with Gasteiger partial charge in [0.2, 0.25) is 0 Å². The number of hydrazone groups is 1. The van der Waals surface area contributed by atoms with Gasteiger partial charge in [0.25, 0.3) is 5.91 Å². The lowest BCUT2D eigenvalue weighted by molar-refractivity contribution is 0.0734. The molecule has 3 aromatic carbocycles. The summed E-state index contributed by atoms with van der Waals surface area (Å²) in [6, 6.07) is 16.1. The molecule has 0 saturated carbocycles. The molecule has 5 nitrogen and oxygen atoms in total. The first-order valence-corrected chi connectivity index (χ1v) is 9.04. The number of ether oxygens (including phenoxy) is 1. The van der Waals surface area contributed by atoms with E-state index in [1.807, 2.05) is 0 Å². The van der Waals surface area contributed by atoms with Gasteiger partial charge in [-0.25, -0.2) is 14.6 Å². The SMILES string of the molecule is O=C(Oc1cccc(/C=N\NC(=O)c2ccc(Cl)cc2Cl)c1)c1cccc(F)c1. The van der Waals surface area contributed by atoms with Crippen molar-refractivity contribution in [3.05, 3.63) is 99.3 Å². The number of esters is 1. The fourth-order valence-corrected chi connectivity index (χ4v) is 2.83. The largest absolute Gasteiger partial charge is 0.423 e. The predicted octanol–water partition coefficient (Wildman–Crippen LogP) is 5.12. The maximum absolute atomic E-state index is 13.2. The Hall–Kier alpha value is -3.22. The van der Waals surface area contributed by atoms with Crippen molar-refractivity contribution in [1.82, 2.24) is 5.43 Å². The Morgan fingerprint density at radius 3 is 2.55 bits per heavy atom. The molecule has 0 aliphatic carbocycles. The molecule has 0 saturated heterocycles. The Labute approximate surface area is 175 Å². The Morgan fingerprint density at radius 1 is 1.00 bits per heavy atom. The normalized spacial score (nSPS) is 10.7. The van der Waals surface area contributed by atoms with E-state index in [2.05, 4.69) is 10.5 Å². The van der Waals surface area contributed by atoms with Gasteiger partial charge >= 0.3 is 5.97 Å². The molecule has 8 heteroatoms. The van der Waals surface area contributed by atoms with Gasteiger partial charge in [-0.1, -0.05) is 41.4 Å². The molecule has 0 spiro atoms. The van der Waals surface area contributed by atoms with Gasteiger partial charge in [-0.2, -0.15) is 5.10 Å². The van der Waals surface area contributed by atoms with Gasteiger partial charge in [0.05, 0.1) is 22.4 Å². The van der Waals surface area contributed by atoms with Gasteiger partial charge in [0.1, 0.15) is 11.6 Å². The minimum atomic E-state index is -0.690. The van der Waals surface area contributed by atoms with Crippen LogP contribution in [0.5, 0.6) is 5.75 Å². The van der Waals surface area contributed by atoms with Crippen LogP contribution < -0.4 is 10.2 Å². The highest BCUT2D eigenvalue weighted by Crippen LogP contribution is 2.21. The van der Waals surface area contributed by atoms with Crippen LogP contribution in [0.1, 0.15) is 26.3 Å². The van der Waals surface area contributed by atoms with E-state index < -0.39 is 17.7 Å². The number of nitrogens with zero attached hydrogens (tertiary/aromatic N) is 1. The molecular weight excluding hydrogens is 418 g/mol. The number of nitrogens with one attached hydrogen (secondary N) is 1. The van der Waals surface area contributed by atoms with Crippen molar-refractivity contribution in [2.75, 3.05) is 0 Å². The van der Waals surface area contributed by atoms with Crippen molar-refractivity contribution in [1.29, 1.82) is 0 Å². The van der Waals surface area contributed by atoms with E-state index in [1.165, 1.54) is 36.5 Å². The quantitative estimate of drug-likeness (QED) is 0.264. The number of rotatable bonds is 5. The topological polar surface area (TPSA) is 67.8 Å². The summed E-state index contributed by atoms with van der Waals surface area (Å²) in [5, 5.41) is 4.49. The predicted molar refractivity (Wildman–Crippen MR) is 109 cm³/mol. The van der Waals surface area contributed by atoms with E-state index in [1.54, 1.807) is 30.3 Å². The second kappa shape index (κ2) is 9.32. The second-order valence-corrected chi connectivity index (χ2v) is 6.64. The highest BCUT2D eigenvalue weighted by molar-refractivity contribution is 6.36. The number of benzene rings is 3. The molecule has 1 amide bonds. The molecule has 0 heterocycles. The molecule has 0 fully saturated rings. The molecule has 0 atom stereocenters. The van der Waals surface area contributed by atoms with Crippen LogP contribution in [0.4, 0.5) is 4.39 Å². The summed E-state index contributed by atoms with van der Waals surface area (Å²) in [6.45, 7) is 0. The summed E-state index contributed by atoms with van der Waals surface area (Å²) >= 11 is 11.8. The van der Waals surface area contributed by atoms with E-state index >= 15 is 0 Å². The summed E-state index contributed by atoms with van der Waals surface area (Å²) in [4.78, 5) is 24.2. The summed E-state index contributed by atoms with van der Waals surface area (Å²) in [5.41, 5.74) is 3.24. The zero-order valence-corrected chi connectivity index (χ0v) is 16.2. The average molecular weight is 431 g/mol. The van der Waals surface area contributed by atoms with Gasteiger partial charge in [0.15, 0.2) is 0 Å². The molecule has 3 aromatic rings. The number of halogens is 3. The Morgan fingerprint density at radius 2 is 1.79 bits per heavy atom. The highest BCUT2D eigenvalue weighted by atomic mass is 35.5. The minimum absolute atomic E-state index is 0.0937. The lowest BCUT2D eigenvalue weighted by Gasteiger charge is -2.05. The number of hydrogen-bond donors (Lipinski definition) is 1. The Kier molecular flexibility index (Phi) is 6.59. The smallest absolute Gasteiger partial charge is 0.343 e. The minimum Gasteiger partial charge on any atom is -0.423 e. The van der Waals surface area contributed by atoms with Gasteiger partial charge < -0.3 is 4.74 Å². The second-order valence-electron chi connectivity index (χ2n) is 5.80. The maximum atomic E-state index is 13.2. The lowest BCUT2D eigenvalue weighted by Crippen LogP contribution is -2.18. The molecule has 146 valence electrons. The molecular formula is C21H13Cl2FN2O3. The van der Waals surface area contributed by atoms with Crippen molar-refractivity contribution in [3.63, 3.8) is 0 Å². The number of hydrogen-bond acceptors (Lipinski definition) is 4. The van der Waals surface area contributed by atoms with Crippen LogP contribution in [0.25, 0.3) is 0 Å². The van der Waals surface area contributed by atoms with Crippen LogP contribution in [0.3, 0.4) is 0 Å². The van der Waals surface area contributed by atoms with Crippen molar-refractivity contribution in [2.45, 2.75) is 0 Å². The van der Waals surface area contributed by atoms with Crippen molar-refractivity contribution < 1.29 is 18.7 Å². The molecule has 3 rings (SSSR count). The van der Waals surface area contributed by atoms with Crippen LogP contribution in [0.2, 0.25) is 10.0 Å². The summed E-state index contributed by atoms with van der Waals surface area (Å²) in [7, 11) is 0. The molecule has 0 radical (unpaired) electrons. The van der Waals surface area contributed by atoms with E-state index in [0.717, 1.165) is 6.07 Å². The van der Waals surface area contributed by atoms with E-state index in [4.69, 9.17) is 27.9 Å². The van der Waals surface area contributed by atoms with Crippen LogP contribution >= 0.6 is 23.2 Å². The van der Waals surface area contributed by atoms with Gasteiger partial charge in [-0.3, -0.25) is 4.79 Å². The molecule has 0 aliphatic rings. The third kappa shape index (κ3) is 5.63. The summed E-state index contributed by atoms with van der Waals surface area (Å²) < 4.78 is 18.5. The molecule has 0 aliphatic heterocycles. The summed E-state index contributed by atoms with van der Waals surface area (Å²) in [6.07, 6.45) is 1.38. The van der Waals surface area contributed by atoms with Gasteiger partial charge in [-0.05, 0) is 54.1 Å². The molecule has 1 N–H and O–H groups in total. The van der Waals surface area contributed by atoms with Crippen LogP contribution in [-0.4, -0.2) is 18.1 Å². The zero-order valence-electron chi connectivity index (χ0n) is 14.7. The third-order valence-electron chi connectivity index (χ3n) is 3.68. The average Bonchev–Trinajstić information content (AvgIpc) is 2.68. The number of carbonyl (C=O) groups is 2. The zero-order chi connectivity index (χ0) is 20.8. The summed E-state index contributed by atoms with van der Waals surface area (Å²) in [5.74, 6) is -1.48. The van der Waals surface area contributed by atoms with Crippen LogP contribution in [0.15, 0.2) is 71.8 Å². The first-order valence-electron chi connectivity index (χ1n) is 8.28. The standard InChI is InChI=1S/C21H13Cl2FN2O3/c22-15-7-8-18(19(23)11-15)20(27)26-25-12-13-3-1-6-17(9-13)29-21(28)14-4-2-5-16(24)10-14/h1-12H,(H,26,27)/b25-12-. The van der Waals surface area contributed by atoms with Crippen molar-refractivity contribution in [2.24, 2.45) is 5.10 Å². The first-order chi connectivity index (χ1) is 13.9. The van der Waals surface area contributed by atoms with Crippen LogP contribution in [-0.2, 0) is 0 Å². The molecule has 0 unspecified atom stereocenters. The van der Waals surface area contributed by atoms with Crippen LogP contribution in [0, 0.1) is 5.82 Å². The maximum Gasteiger partial charge on any atom is 0.343 e. The third-order valence-corrected chi connectivity index (χ3v) is 4.23. The van der Waals surface area contributed by atoms with E-state index in [-0.39, 0.29) is 21.9 Å². The van der Waals surface area contributed by atoms with Crippen molar-refractivity contribution >= 4 is 41.3 Å². The van der Waals surface area contributed by atoms with Gasteiger partial charge in [-0.15, -0.1) is 0 Å². The lowest BCUT2D eigenvalue weighted by atomic mass is 10.2. The molecule has 0 bridgehead atoms. The van der Waals surface area contributed by atoms with Crippen molar-refractivity contribution in [3.8, 4) is 5.75 Å². The highest BCUT2D eigenvalue weighted by Gasteiger charge is 2.11. The van der Waals surface area contributed by atoms with Gasteiger partial charge in [0, 0.05) is 5.02 Å².